The lowest BCUT2D eigenvalue weighted by Gasteiger charge is -2.09. The Morgan fingerprint density at radius 1 is 1.06 bits per heavy atom. The number of aryl methyl sites for hydroxylation is 1. The van der Waals surface area contributed by atoms with Crippen LogP contribution in [-0.2, 0) is 29.1 Å². The fourth-order valence-corrected chi connectivity index (χ4v) is 3.21. The van der Waals surface area contributed by atoms with Gasteiger partial charge in [-0.2, -0.15) is 10.1 Å². The number of carbonyl (C=O) groups excluding carboxylic acids is 2. The molecule has 4 rings (SSSR count). The number of halogens is 1. The van der Waals surface area contributed by atoms with Crippen LogP contribution in [0.2, 0.25) is 5.02 Å². The minimum Gasteiger partial charge on any atom is -0.352 e. The summed E-state index contributed by atoms with van der Waals surface area (Å²) in [5, 5.41) is 14.3. The lowest BCUT2D eigenvalue weighted by molar-refractivity contribution is -0.121. The van der Waals surface area contributed by atoms with E-state index in [2.05, 4.69) is 25.9 Å². The van der Waals surface area contributed by atoms with Crippen LogP contribution in [0.15, 0.2) is 71.5 Å². The first kappa shape index (κ1) is 22.2. The molecule has 2 aromatic carbocycles. The van der Waals surface area contributed by atoms with Crippen molar-refractivity contribution in [2.45, 2.75) is 25.9 Å². The zero-order valence-electron chi connectivity index (χ0n) is 17.6. The van der Waals surface area contributed by atoms with Gasteiger partial charge in [-0.3, -0.25) is 14.3 Å². The van der Waals surface area contributed by atoms with Gasteiger partial charge in [0.15, 0.2) is 0 Å². The van der Waals surface area contributed by atoms with Crippen molar-refractivity contribution in [1.29, 1.82) is 0 Å². The molecule has 0 aliphatic carbocycles. The highest BCUT2D eigenvalue weighted by atomic mass is 35.5. The molecule has 33 heavy (non-hydrogen) atoms. The molecule has 9 nitrogen and oxygen atoms in total. The second-order valence-electron chi connectivity index (χ2n) is 7.25. The summed E-state index contributed by atoms with van der Waals surface area (Å²) in [4.78, 5) is 28.7. The van der Waals surface area contributed by atoms with Gasteiger partial charge >= 0.3 is 0 Å². The van der Waals surface area contributed by atoms with Crippen LogP contribution in [0.4, 0.5) is 5.69 Å². The molecule has 0 bridgehead atoms. The molecule has 0 spiro atoms. The molecule has 0 aliphatic rings. The van der Waals surface area contributed by atoms with Crippen molar-refractivity contribution < 1.29 is 14.1 Å². The summed E-state index contributed by atoms with van der Waals surface area (Å²) in [6, 6.07) is 16.2. The van der Waals surface area contributed by atoms with Gasteiger partial charge in [-0.15, -0.1) is 0 Å². The Hall–Kier alpha value is -3.98. The lowest BCUT2D eigenvalue weighted by Crippen LogP contribution is -2.23. The normalized spacial score (nSPS) is 10.7. The number of carbonyl (C=O) groups is 2. The van der Waals surface area contributed by atoms with Crippen LogP contribution < -0.4 is 10.6 Å². The summed E-state index contributed by atoms with van der Waals surface area (Å²) >= 11 is 5.89. The van der Waals surface area contributed by atoms with Gasteiger partial charge in [0.25, 0.3) is 0 Å². The second-order valence-corrected chi connectivity index (χ2v) is 7.68. The van der Waals surface area contributed by atoms with E-state index < -0.39 is 0 Å². The number of amides is 2. The van der Waals surface area contributed by atoms with E-state index in [1.165, 1.54) is 0 Å². The number of nitrogens with zero attached hydrogens (tertiary/aromatic N) is 4. The molecule has 0 saturated carbocycles. The molecule has 4 aromatic rings. The largest absolute Gasteiger partial charge is 0.352 e. The molecule has 0 unspecified atom stereocenters. The molecule has 0 fully saturated rings. The Morgan fingerprint density at radius 2 is 1.91 bits per heavy atom. The van der Waals surface area contributed by atoms with E-state index in [9.17, 15) is 9.59 Å². The summed E-state index contributed by atoms with van der Waals surface area (Å²) < 4.78 is 6.77. The fourth-order valence-electron chi connectivity index (χ4n) is 3.08. The fraction of sp³-hybridized carbons (Fsp3) is 0.174. The molecule has 10 heteroatoms. The number of nitrogens with one attached hydrogen (secondary N) is 2. The molecule has 0 aliphatic heterocycles. The number of anilines is 1. The van der Waals surface area contributed by atoms with Gasteiger partial charge in [0.2, 0.25) is 23.5 Å². The van der Waals surface area contributed by atoms with Gasteiger partial charge in [0.05, 0.1) is 0 Å². The SMILES string of the molecule is O=C(CCc1nc(-c2ccc(Cl)cc2)no1)NCc1cccc(NC(=O)Cn2cccn2)c1. The standard InChI is InChI=1S/C23H21ClN6O3/c24-18-7-5-17(6-8-18)23-28-22(33-29-23)10-9-20(31)25-14-16-3-1-4-19(13-16)27-21(32)15-30-12-2-11-26-30/h1-8,11-13H,9-10,14-15H2,(H,25,31)(H,27,32). The maximum absolute atomic E-state index is 12.2. The number of benzene rings is 2. The van der Waals surface area contributed by atoms with Gasteiger partial charge < -0.3 is 15.2 Å². The Kier molecular flexibility index (Phi) is 7.11. The maximum atomic E-state index is 12.2. The van der Waals surface area contributed by atoms with E-state index in [1.807, 2.05) is 18.2 Å². The van der Waals surface area contributed by atoms with Crippen LogP contribution in [-0.4, -0.2) is 31.7 Å². The first-order chi connectivity index (χ1) is 16.0. The van der Waals surface area contributed by atoms with Crippen LogP contribution in [0.3, 0.4) is 0 Å². The van der Waals surface area contributed by atoms with Crippen molar-refractivity contribution in [2.75, 3.05) is 5.32 Å². The molecule has 2 N–H and O–H groups in total. The van der Waals surface area contributed by atoms with E-state index in [-0.39, 0.29) is 24.8 Å². The second kappa shape index (κ2) is 10.6. The molecule has 2 aromatic heterocycles. The van der Waals surface area contributed by atoms with Crippen molar-refractivity contribution in [3.63, 3.8) is 0 Å². The van der Waals surface area contributed by atoms with Gasteiger partial charge in [0.1, 0.15) is 6.54 Å². The van der Waals surface area contributed by atoms with Crippen LogP contribution in [0, 0.1) is 0 Å². The molecule has 2 heterocycles. The molecule has 2 amide bonds. The predicted octanol–water partition coefficient (Wildman–Crippen LogP) is 3.47. The van der Waals surface area contributed by atoms with E-state index in [0.717, 1.165) is 11.1 Å². The highest BCUT2D eigenvalue weighted by Gasteiger charge is 2.11. The minimum atomic E-state index is -0.183. The summed E-state index contributed by atoms with van der Waals surface area (Å²) in [7, 11) is 0. The number of hydrogen-bond acceptors (Lipinski definition) is 6. The smallest absolute Gasteiger partial charge is 0.246 e. The molecule has 0 atom stereocenters. The Labute approximate surface area is 194 Å². The third-order valence-electron chi connectivity index (χ3n) is 4.70. The zero-order chi connectivity index (χ0) is 23.0. The topological polar surface area (TPSA) is 115 Å². The monoisotopic (exact) mass is 464 g/mol. The van der Waals surface area contributed by atoms with Crippen molar-refractivity contribution in [1.82, 2.24) is 25.2 Å². The first-order valence-electron chi connectivity index (χ1n) is 10.3. The minimum absolute atomic E-state index is 0.128. The van der Waals surface area contributed by atoms with Gasteiger partial charge in [0, 0.05) is 48.1 Å². The predicted molar refractivity (Wildman–Crippen MR) is 122 cm³/mol. The molecule has 0 radical (unpaired) electrons. The third-order valence-corrected chi connectivity index (χ3v) is 4.95. The summed E-state index contributed by atoms with van der Waals surface area (Å²) in [6.07, 6.45) is 3.88. The van der Waals surface area contributed by atoms with Crippen LogP contribution in [0.1, 0.15) is 17.9 Å². The van der Waals surface area contributed by atoms with Crippen LogP contribution in [0.25, 0.3) is 11.4 Å². The van der Waals surface area contributed by atoms with E-state index in [0.29, 0.717) is 35.4 Å². The molecule has 168 valence electrons. The summed E-state index contributed by atoms with van der Waals surface area (Å²) in [6.45, 7) is 0.463. The number of rotatable bonds is 9. The van der Waals surface area contributed by atoms with Crippen molar-refractivity contribution in [3.05, 3.63) is 83.5 Å². The van der Waals surface area contributed by atoms with E-state index in [4.69, 9.17) is 16.1 Å². The average molecular weight is 465 g/mol. The van der Waals surface area contributed by atoms with Crippen molar-refractivity contribution in [2.24, 2.45) is 0 Å². The van der Waals surface area contributed by atoms with E-state index in [1.54, 1.807) is 53.5 Å². The quantitative estimate of drug-likeness (QED) is 0.392. The highest BCUT2D eigenvalue weighted by Crippen LogP contribution is 2.19. The van der Waals surface area contributed by atoms with Gasteiger partial charge in [-0.25, -0.2) is 0 Å². The zero-order valence-corrected chi connectivity index (χ0v) is 18.3. The first-order valence-corrected chi connectivity index (χ1v) is 10.6. The average Bonchev–Trinajstić information content (AvgIpc) is 3.49. The summed E-state index contributed by atoms with van der Waals surface area (Å²) in [5.74, 6) is 0.511. The maximum Gasteiger partial charge on any atom is 0.246 e. The van der Waals surface area contributed by atoms with E-state index >= 15 is 0 Å². The van der Waals surface area contributed by atoms with Crippen molar-refractivity contribution in [3.8, 4) is 11.4 Å². The van der Waals surface area contributed by atoms with Crippen molar-refractivity contribution >= 4 is 29.1 Å². The Bertz CT molecular complexity index is 1220. The van der Waals surface area contributed by atoms with Crippen LogP contribution >= 0.6 is 11.6 Å². The molecular formula is C23H21ClN6O3. The molecular weight excluding hydrogens is 444 g/mol. The van der Waals surface area contributed by atoms with Gasteiger partial charge in [-0.1, -0.05) is 28.9 Å². The molecule has 0 saturated heterocycles. The Balaban J connectivity index is 1.23. The lowest BCUT2D eigenvalue weighted by atomic mass is 10.2. The van der Waals surface area contributed by atoms with Gasteiger partial charge in [-0.05, 0) is 48.0 Å². The number of aromatic nitrogens is 4. The van der Waals surface area contributed by atoms with Crippen LogP contribution in [0.5, 0.6) is 0 Å². The summed E-state index contributed by atoms with van der Waals surface area (Å²) in [5.41, 5.74) is 2.30. The highest BCUT2D eigenvalue weighted by molar-refractivity contribution is 6.30. The number of hydrogen-bond donors (Lipinski definition) is 2. The third kappa shape index (κ3) is 6.50. The Morgan fingerprint density at radius 3 is 2.70 bits per heavy atom.